The first-order valence-electron chi connectivity index (χ1n) is 6.18. The molecule has 0 aromatic rings. The van der Waals surface area contributed by atoms with Gasteiger partial charge in [-0.15, -0.1) is 0 Å². The molecule has 0 saturated heterocycles. The fourth-order valence-electron chi connectivity index (χ4n) is 2.23. The van der Waals surface area contributed by atoms with Crippen LogP contribution in [0.4, 0.5) is 0 Å². The minimum atomic E-state index is 0.0573. The maximum atomic E-state index is 11.6. The van der Waals surface area contributed by atoms with Crippen LogP contribution in [0.2, 0.25) is 0 Å². The van der Waals surface area contributed by atoms with Gasteiger partial charge in [0.2, 0.25) is 5.91 Å². The van der Waals surface area contributed by atoms with Gasteiger partial charge in [-0.05, 0) is 44.4 Å². The summed E-state index contributed by atoms with van der Waals surface area (Å²) in [5.74, 6) is 0.222. The largest absolute Gasteiger partial charge is 0.351 e. The van der Waals surface area contributed by atoms with Crippen molar-refractivity contribution in [2.24, 2.45) is 5.41 Å². The zero-order chi connectivity index (χ0) is 11.5. The van der Waals surface area contributed by atoms with Crippen molar-refractivity contribution in [2.45, 2.75) is 71.8 Å². The Morgan fingerprint density at radius 2 is 1.67 bits per heavy atom. The molecule has 0 aliphatic heterocycles. The Kier molecular flexibility index (Phi) is 3.80. The maximum absolute atomic E-state index is 11.6. The highest BCUT2D eigenvalue weighted by molar-refractivity contribution is 5.76. The molecule has 1 N–H and O–H groups in total. The molecule has 0 bridgehead atoms. The second-order valence-electron chi connectivity index (χ2n) is 6.02. The third-order valence-electron chi connectivity index (χ3n) is 3.63. The SMILES string of the molecule is CCCC(=O)NC1(C)CCC(C)(C)CC1. The molecule has 15 heavy (non-hydrogen) atoms. The Morgan fingerprint density at radius 1 is 1.13 bits per heavy atom. The van der Waals surface area contributed by atoms with E-state index in [-0.39, 0.29) is 11.4 Å². The van der Waals surface area contributed by atoms with Gasteiger partial charge in [0.05, 0.1) is 0 Å². The number of carbonyl (C=O) groups excluding carboxylic acids is 1. The van der Waals surface area contributed by atoms with Crippen LogP contribution in [0, 0.1) is 5.41 Å². The molecule has 0 aromatic carbocycles. The summed E-state index contributed by atoms with van der Waals surface area (Å²) in [6, 6.07) is 0. The Labute approximate surface area is 93.8 Å². The van der Waals surface area contributed by atoms with Crippen molar-refractivity contribution >= 4 is 5.91 Å². The Bertz CT molecular complexity index is 223. The van der Waals surface area contributed by atoms with Crippen molar-refractivity contribution in [1.82, 2.24) is 5.32 Å². The first-order chi connectivity index (χ1) is 6.87. The van der Waals surface area contributed by atoms with E-state index in [4.69, 9.17) is 0 Å². The predicted octanol–water partition coefficient (Wildman–Crippen LogP) is 3.26. The lowest BCUT2D eigenvalue weighted by Crippen LogP contribution is -2.49. The quantitative estimate of drug-likeness (QED) is 0.762. The van der Waals surface area contributed by atoms with Gasteiger partial charge in [-0.25, -0.2) is 0 Å². The van der Waals surface area contributed by atoms with E-state index in [2.05, 4.69) is 26.1 Å². The van der Waals surface area contributed by atoms with Crippen molar-refractivity contribution in [3.63, 3.8) is 0 Å². The van der Waals surface area contributed by atoms with Crippen LogP contribution < -0.4 is 5.32 Å². The fraction of sp³-hybridized carbons (Fsp3) is 0.923. The molecule has 0 unspecified atom stereocenters. The Balaban J connectivity index is 2.44. The zero-order valence-corrected chi connectivity index (χ0v) is 10.7. The van der Waals surface area contributed by atoms with Crippen molar-refractivity contribution in [3.8, 4) is 0 Å². The minimum Gasteiger partial charge on any atom is -0.351 e. The molecular formula is C13H25NO. The van der Waals surface area contributed by atoms with Crippen LogP contribution in [-0.2, 0) is 4.79 Å². The Hall–Kier alpha value is -0.530. The van der Waals surface area contributed by atoms with Gasteiger partial charge in [0.25, 0.3) is 0 Å². The molecule has 1 saturated carbocycles. The van der Waals surface area contributed by atoms with E-state index in [1.165, 1.54) is 12.8 Å². The summed E-state index contributed by atoms with van der Waals surface area (Å²) in [6.07, 6.45) is 6.28. The molecule has 1 aliphatic carbocycles. The molecule has 1 aliphatic rings. The van der Waals surface area contributed by atoms with Crippen LogP contribution >= 0.6 is 0 Å². The summed E-state index contributed by atoms with van der Waals surface area (Å²) in [6.45, 7) is 8.88. The van der Waals surface area contributed by atoms with Gasteiger partial charge in [-0.3, -0.25) is 4.79 Å². The van der Waals surface area contributed by atoms with Gasteiger partial charge >= 0.3 is 0 Å². The molecule has 1 amide bonds. The highest BCUT2D eigenvalue weighted by Crippen LogP contribution is 2.39. The lowest BCUT2D eigenvalue weighted by atomic mass is 9.70. The molecule has 2 nitrogen and oxygen atoms in total. The summed E-state index contributed by atoms with van der Waals surface area (Å²) in [5, 5.41) is 3.20. The van der Waals surface area contributed by atoms with E-state index in [1.807, 2.05) is 6.92 Å². The number of hydrogen-bond acceptors (Lipinski definition) is 1. The van der Waals surface area contributed by atoms with Crippen molar-refractivity contribution < 1.29 is 4.79 Å². The second-order valence-corrected chi connectivity index (χ2v) is 6.02. The van der Waals surface area contributed by atoms with E-state index in [1.54, 1.807) is 0 Å². The van der Waals surface area contributed by atoms with Crippen LogP contribution in [0.3, 0.4) is 0 Å². The van der Waals surface area contributed by atoms with Gasteiger partial charge in [0.15, 0.2) is 0 Å². The average molecular weight is 211 g/mol. The fourth-order valence-corrected chi connectivity index (χ4v) is 2.23. The predicted molar refractivity (Wildman–Crippen MR) is 63.7 cm³/mol. The third kappa shape index (κ3) is 3.84. The zero-order valence-electron chi connectivity index (χ0n) is 10.7. The van der Waals surface area contributed by atoms with Crippen LogP contribution in [-0.4, -0.2) is 11.4 Å². The second kappa shape index (κ2) is 4.54. The number of nitrogens with one attached hydrogen (secondary N) is 1. The van der Waals surface area contributed by atoms with E-state index in [9.17, 15) is 4.79 Å². The smallest absolute Gasteiger partial charge is 0.220 e. The van der Waals surface area contributed by atoms with Crippen LogP contribution in [0.1, 0.15) is 66.2 Å². The molecule has 0 spiro atoms. The third-order valence-corrected chi connectivity index (χ3v) is 3.63. The van der Waals surface area contributed by atoms with E-state index in [0.717, 1.165) is 19.3 Å². The van der Waals surface area contributed by atoms with Crippen LogP contribution in [0.5, 0.6) is 0 Å². The summed E-state index contributed by atoms with van der Waals surface area (Å²) in [5.41, 5.74) is 0.525. The summed E-state index contributed by atoms with van der Waals surface area (Å²) >= 11 is 0. The highest BCUT2D eigenvalue weighted by Gasteiger charge is 2.35. The van der Waals surface area contributed by atoms with Crippen molar-refractivity contribution in [3.05, 3.63) is 0 Å². The molecule has 0 heterocycles. The van der Waals surface area contributed by atoms with E-state index in [0.29, 0.717) is 11.8 Å². The van der Waals surface area contributed by atoms with Crippen molar-refractivity contribution in [1.29, 1.82) is 0 Å². The van der Waals surface area contributed by atoms with Gasteiger partial charge < -0.3 is 5.32 Å². The minimum absolute atomic E-state index is 0.0573. The molecule has 88 valence electrons. The van der Waals surface area contributed by atoms with Gasteiger partial charge in [0, 0.05) is 12.0 Å². The maximum Gasteiger partial charge on any atom is 0.220 e. The molecular weight excluding hydrogens is 186 g/mol. The lowest BCUT2D eigenvalue weighted by molar-refractivity contribution is -0.123. The van der Waals surface area contributed by atoms with E-state index < -0.39 is 0 Å². The first-order valence-corrected chi connectivity index (χ1v) is 6.18. The van der Waals surface area contributed by atoms with Crippen molar-refractivity contribution in [2.75, 3.05) is 0 Å². The van der Waals surface area contributed by atoms with Crippen LogP contribution in [0.25, 0.3) is 0 Å². The number of carbonyl (C=O) groups is 1. The molecule has 1 fully saturated rings. The number of rotatable bonds is 3. The molecule has 0 aromatic heterocycles. The van der Waals surface area contributed by atoms with E-state index >= 15 is 0 Å². The monoisotopic (exact) mass is 211 g/mol. The highest BCUT2D eigenvalue weighted by atomic mass is 16.1. The lowest BCUT2D eigenvalue weighted by Gasteiger charge is -2.42. The number of amides is 1. The normalized spacial score (nSPS) is 23.5. The first kappa shape index (κ1) is 12.5. The standard InChI is InChI=1S/C13H25NO/c1-5-6-11(15)14-13(4)9-7-12(2,3)8-10-13/h5-10H2,1-4H3,(H,14,15). The summed E-state index contributed by atoms with van der Waals surface area (Å²) in [4.78, 5) is 11.6. The van der Waals surface area contributed by atoms with Gasteiger partial charge in [0.1, 0.15) is 0 Å². The number of hydrogen-bond donors (Lipinski definition) is 1. The average Bonchev–Trinajstić information content (AvgIpc) is 2.12. The molecule has 0 atom stereocenters. The topological polar surface area (TPSA) is 29.1 Å². The molecule has 2 heteroatoms. The summed E-state index contributed by atoms with van der Waals surface area (Å²) in [7, 11) is 0. The molecule has 1 rings (SSSR count). The summed E-state index contributed by atoms with van der Waals surface area (Å²) < 4.78 is 0. The van der Waals surface area contributed by atoms with Gasteiger partial charge in [-0.2, -0.15) is 0 Å². The Morgan fingerprint density at radius 3 is 2.13 bits per heavy atom. The van der Waals surface area contributed by atoms with Crippen LogP contribution in [0.15, 0.2) is 0 Å². The molecule has 0 radical (unpaired) electrons. The van der Waals surface area contributed by atoms with Gasteiger partial charge in [-0.1, -0.05) is 20.8 Å².